The van der Waals surface area contributed by atoms with Crippen molar-refractivity contribution < 1.29 is 13.6 Å². The molecular weight excluding hydrogens is 272 g/mol. The summed E-state index contributed by atoms with van der Waals surface area (Å²) in [6.07, 6.45) is -0.0380. The molecular formula is C14H10ClF2NO. The minimum absolute atomic E-state index is 0.00824. The van der Waals surface area contributed by atoms with Crippen LogP contribution in [-0.2, 0) is 11.2 Å². The lowest BCUT2D eigenvalue weighted by Crippen LogP contribution is -2.15. The zero-order valence-electron chi connectivity index (χ0n) is 9.79. The molecule has 98 valence electrons. The molecule has 0 atom stereocenters. The zero-order chi connectivity index (χ0) is 13.8. The largest absolute Gasteiger partial charge is 0.323 e. The van der Waals surface area contributed by atoms with E-state index in [9.17, 15) is 13.6 Å². The first kappa shape index (κ1) is 13.5. The Bertz CT molecular complexity index is 616. The Hall–Kier alpha value is -1.94. The zero-order valence-corrected chi connectivity index (χ0v) is 10.5. The number of halogens is 3. The maximum absolute atomic E-state index is 13.6. The fourth-order valence-corrected chi connectivity index (χ4v) is 1.80. The average molecular weight is 282 g/mol. The van der Waals surface area contributed by atoms with Gasteiger partial charge in [0.05, 0.1) is 17.1 Å². The highest BCUT2D eigenvalue weighted by atomic mass is 35.5. The molecule has 0 radical (unpaired) electrons. The molecule has 19 heavy (non-hydrogen) atoms. The predicted octanol–water partition coefficient (Wildman–Crippen LogP) is 3.80. The molecule has 0 unspecified atom stereocenters. The van der Waals surface area contributed by atoms with E-state index in [1.807, 2.05) is 0 Å². The summed E-state index contributed by atoms with van der Waals surface area (Å²) in [4.78, 5) is 11.7. The second-order valence-electron chi connectivity index (χ2n) is 3.96. The van der Waals surface area contributed by atoms with Crippen molar-refractivity contribution in [2.75, 3.05) is 5.32 Å². The molecule has 1 N–H and O–H groups in total. The van der Waals surface area contributed by atoms with E-state index in [-0.39, 0.29) is 17.1 Å². The number of benzene rings is 2. The molecule has 0 aromatic heterocycles. The standard InChI is InChI=1S/C14H10ClF2NO/c15-11-5-2-6-12(14(11)17)18-13(19)8-9-3-1-4-10(16)7-9/h1-7H,8H2,(H,18,19). The Morgan fingerprint density at radius 3 is 2.63 bits per heavy atom. The van der Waals surface area contributed by atoms with Crippen molar-refractivity contribution in [1.82, 2.24) is 0 Å². The van der Waals surface area contributed by atoms with Crippen molar-refractivity contribution in [1.29, 1.82) is 0 Å². The second-order valence-corrected chi connectivity index (χ2v) is 4.36. The fourth-order valence-electron chi connectivity index (χ4n) is 1.63. The third-order valence-corrected chi connectivity index (χ3v) is 2.77. The summed E-state index contributed by atoms with van der Waals surface area (Å²) in [6.45, 7) is 0. The lowest BCUT2D eigenvalue weighted by molar-refractivity contribution is -0.115. The fraction of sp³-hybridized carbons (Fsp3) is 0.0714. The highest BCUT2D eigenvalue weighted by Crippen LogP contribution is 2.22. The minimum atomic E-state index is -0.684. The molecule has 2 aromatic carbocycles. The van der Waals surface area contributed by atoms with Crippen molar-refractivity contribution in [3.63, 3.8) is 0 Å². The van der Waals surface area contributed by atoms with Gasteiger partial charge >= 0.3 is 0 Å². The van der Waals surface area contributed by atoms with Crippen molar-refractivity contribution >= 4 is 23.2 Å². The molecule has 0 spiro atoms. The van der Waals surface area contributed by atoms with Gasteiger partial charge in [-0.25, -0.2) is 8.78 Å². The Kier molecular flexibility index (Phi) is 4.12. The van der Waals surface area contributed by atoms with E-state index in [1.54, 1.807) is 6.07 Å². The van der Waals surface area contributed by atoms with Gasteiger partial charge in [-0.2, -0.15) is 0 Å². The number of carbonyl (C=O) groups is 1. The van der Waals surface area contributed by atoms with Crippen LogP contribution < -0.4 is 5.32 Å². The second kappa shape index (κ2) is 5.80. The third-order valence-electron chi connectivity index (χ3n) is 2.48. The topological polar surface area (TPSA) is 29.1 Å². The maximum atomic E-state index is 13.6. The Morgan fingerprint density at radius 1 is 1.16 bits per heavy atom. The van der Waals surface area contributed by atoms with Gasteiger partial charge in [0.25, 0.3) is 0 Å². The van der Waals surface area contributed by atoms with Crippen LogP contribution in [0.25, 0.3) is 0 Å². The van der Waals surface area contributed by atoms with Crippen LogP contribution in [0.2, 0.25) is 5.02 Å². The van der Waals surface area contributed by atoms with Crippen LogP contribution in [0, 0.1) is 11.6 Å². The van der Waals surface area contributed by atoms with Crippen LogP contribution in [0.15, 0.2) is 42.5 Å². The van der Waals surface area contributed by atoms with Gasteiger partial charge in [0.15, 0.2) is 5.82 Å². The highest BCUT2D eigenvalue weighted by molar-refractivity contribution is 6.31. The van der Waals surface area contributed by atoms with Gasteiger partial charge in [0, 0.05) is 0 Å². The molecule has 0 aliphatic carbocycles. The highest BCUT2D eigenvalue weighted by Gasteiger charge is 2.10. The number of hydrogen-bond donors (Lipinski definition) is 1. The molecule has 2 rings (SSSR count). The van der Waals surface area contributed by atoms with Gasteiger partial charge in [-0.3, -0.25) is 4.79 Å². The van der Waals surface area contributed by atoms with Gasteiger partial charge in [-0.05, 0) is 29.8 Å². The number of anilines is 1. The maximum Gasteiger partial charge on any atom is 0.228 e. The third kappa shape index (κ3) is 3.51. The Balaban J connectivity index is 2.08. The van der Waals surface area contributed by atoms with E-state index in [2.05, 4.69) is 5.32 Å². The van der Waals surface area contributed by atoms with E-state index in [0.29, 0.717) is 5.56 Å². The van der Waals surface area contributed by atoms with Crippen molar-refractivity contribution in [3.05, 3.63) is 64.7 Å². The van der Waals surface area contributed by atoms with Crippen LogP contribution in [0.3, 0.4) is 0 Å². The number of hydrogen-bond acceptors (Lipinski definition) is 1. The lowest BCUT2D eigenvalue weighted by Gasteiger charge is -2.07. The summed E-state index contributed by atoms with van der Waals surface area (Å²) < 4.78 is 26.5. The summed E-state index contributed by atoms with van der Waals surface area (Å²) in [5, 5.41) is 2.33. The summed E-state index contributed by atoms with van der Waals surface area (Å²) in [7, 11) is 0. The molecule has 0 bridgehead atoms. The molecule has 0 saturated carbocycles. The van der Waals surface area contributed by atoms with Gasteiger partial charge in [-0.1, -0.05) is 29.8 Å². The summed E-state index contributed by atoms with van der Waals surface area (Å²) >= 11 is 5.60. The number of carbonyl (C=O) groups excluding carboxylic acids is 1. The van der Waals surface area contributed by atoms with E-state index in [0.717, 1.165) is 0 Å². The molecule has 0 fully saturated rings. The Labute approximate surface area is 114 Å². The first-order chi connectivity index (χ1) is 9.06. The molecule has 2 nitrogen and oxygen atoms in total. The van der Waals surface area contributed by atoms with Crippen LogP contribution in [0.1, 0.15) is 5.56 Å². The van der Waals surface area contributed by atoms with Crippen LogP contribution in [0.4, 0.5) is 14.5 Å². The van der Waals surface area contributed by atoms with E-state index in [1.165, 1.54) is 36.4 Å². The van der Waals surface area contributed by atoms with Gasteiger partial charge in [0.1, 0.15) is 5.82 Å². The van der Waals surface area contributed by atoms with E-state index in [4.69, 9.17) is 11.6 Å². The minimum Gasteiger partial charge on any atom is -0.323 e. The quantitative estimate of drug-likeness (QED) is 0.911. The van der Waals surface area contributed by atoms with Crippen molar-refractivity contribution in [2.24, 2.45) is 0 Å². The van der Waals surface area contributed by atoms with Gasteiger partial charge in [0.2, 0.25) is 5.91 Å². The Morgan fingerprint density at radius 2 is 1.89 bits per heavy atom. The lowest BCUT2D eigenvalue weighted by atomic mass is 10.1. The predicted molar refractivity (Wildman–Crippen MR) is 70.1 cm³/mol. The van der Waals surface area contributed by atoms with Crippen LogP contribution >= 0.6 is 11.6 Å². The molecule has 0 aliphatic rings. The van der Waals surface area contributed by atoms with Crippen molar-refractivity contribution in [3.8, 4) is 0 Å². The van der Waals surface area contributed by atoms with E-state index < -0.39 is 17.5 Å². The molecule has 0 heterocycles. The first-order valence-corrected chi connectivity index (χ1v) is 5.92. The molecule has 1 amide bonds. The van der Waals surface area contributed by atoms with Gasteiger partial charge in [-0.15, -0.1) is 0 Å². The van der Waals surface area contributed by atoms with Crippen molar-refractivity contribution in [2.45, 2.75) is 6.42 Å². The number of rotatable bonds is 3. The van der Waals surface area contributed by atoms with Crippen LogP contribution in [0.5, 0.6) is 0 Å². The monoisotopic (exact) mass is 281 g/mol. The summed E-state index contributed by atoms with van der Waals surface area (Å²) in [5.74, 6) is -1.54. The SMILES string of the molecule is O=C(Cc1cccc(F)c1)Nc1cccc(Cl)c1F. The van der Waals surface area contributed by atoms with E-state index >= 15 is 0 Å². The average Bonchev–Trinajstić information content (AvgIpc) is 2.35. The summed E-state index contributed by atoms with van der Waals surface area (Å²) in [5.41, 5.74) is 0.522. The number of nitrogens with one attached hydrogen (secondary N) is 1. The molecule has 0 saturated heterocycles. The molecule has 5 heteroatoms. The molecule has 0 aliphatic heterocycles. The number of amides is 1. The first-order valence-electron chi connectivity index (χ1n) is 5.54. The van der Waals surface area contributed by atoms with Gasteiger partial charge < -0.3 is 5.32 Å². The molecule has 2 aromatic rings. The normalized spacial score (nSPS) is 10.3. The van der Waals surface area contributed by atoms with Crippen LogP contribution in [-0.4, -0.2) is 5.91 Å². The summed E-state index contributed by atoms with van der Waals surface area (Å²) in [6, 6.07) is 10.0. The smallest absolute Gasteiger partial charge is 0.228 e.